The number of rotatable bonds is 9. The van der Waals surface area contributed by atoms with E-state index in [0.717, 1.165) is 11.5 Å². The van der Waals surface area contributed by atoms with Gasteiger partial charge in [0.15, 0.2) is 0 Å². The van der Waals surface area contributed by atoms with Crippen LogP contribution in [0.15, 0.2) is 0 Å². The summed E-state index contributed by atoms with van der Waals surface area (Å²) in [6.45, 7) is 7.90. The molecular weight excluding hydrogens is 222 g/mol. The summed E-state index contributed by atoms with van der Waals surface area (Å²) >= 11 is 1.85. The van der Waals surface area contributed by atoms with E-state index in [2.05, 4.69) is 12.2 Å². The van der Waals surface area contributed by atoms with Gasteiger partial charge in [-0.3, -0.25) is 10.1 Å². The maximum atomic E-state index is 11.2. The van der Waals surface area contributed by atoms with E-state index >= 15 is 0 Å². The van der Waals surface area contributed by atoms with E-state index < -0.39 is 11.5 Å². The number of carbonyl (C=O) groups is 1. The van der Waals surface area contributed by atoms with Gasteiger partial charge in [0.2, 0.25) is 0 Å². The standard InChI is InChI=1S/C12H25NO2S/c1-5-6-8-16-9-7-12(4,11(14)15)13-10(2)3/h10,13H,5-9H2,1-4H3,(H,14,15). The zero-order valence-corrected chi connectivity index (χ0v) is 11.7. The number of thioether (sulfide) groups is 1. The van der Waals surface area contributed by atoms with Crippen LogP contribution in [0, 0.1) is 0 Å². The fourth-order valence-electron chi connectivity index (χ4n) is 1.50. The lowest BCUT2D eigenvalue weighted by molar-refractivity contribution is -0.144. The van der Waals surface area contributed by atoms with Crippen LogP contribution in [0.3, 0.4) is 0 Å². The highest BCUT2D eigenvalue weighted by molar-refractivity contribution is 7.99. The van der Waals surface area contributed by atoms with E-state index in [4.69, 9.17) is 0 Å². The second-order valence-electron chi connectivity index (χ2n) is 4.65. The summed E-state index contributed by atoms with van der Waals surface area (Å²) in [6.07, 6.45) is 3.09. The van der Waals surface area contributed by atoms with Crippen molar-refractivity contribution in [3.8, 4) is 0 Å². The highest BCUT2D eigenvalue weighted by Crippen LogP contribution is 2.16. The number of hydrogen-bond acceptors (Lipinski definition) is 3. The molecule has 96 valence electrons. The van der Waals surface area contributed by atoms with Crippen LogP contribution in [0.1, 0.15) is 47.0 Å². The zero-order chi connectivity index (χ0) is 12.6. The number of aliphatic carboxylic acids is 1. The Kier molecular flexibility index (Phi) is 7.85. The molecule has 2 N–H and O–H groups in total. The normalized spacial score (nSPS) is 15.1. The van der Waals surface area contributed by atoms with Crippen LogP contribution in [-0.2, 0) is 4.79 Å². The Bertz CT molecular complexity index is 209. The smallest absolute Gasteiger partial charge is 0.323 e. The second kappa shape index (κ2) is 7.96. The number of unbranched alkanes of at least 4 members (excludes halogenated alkanes) is 1. The first-order valence-corrected chi connectivity index (χ1v) is 7.16. The predicted molar refractivity (Wildman–Crippen MR) is 71.2 cm³/mol. The summed E-state index contributed by atoms with van der Waals surface area (Å²) in [6, 6.07) is 0.196. The Hall–Kier alpha value is -0.220. The Morgan fingerprint density at radius 2 is 2.06 bits per heavy atom. The summed E-state index contributed by atoms with van der Waals surface area (Å²) in [4.78, 5) is 11.2. The van der Waals surface area contributed by atoms with Crippen LogP contribution in [-0.4, -0.2) is 34.2 Å². The van der Waals surface area contributed by atoms with Crippen molar-refractivity contribution in [2.24, 2.45) is 0 Å². The summed E-state index contributed by atoms with van der Waals surface area (Å²) in [5.74, 6) is 1.29. The molecule has 0 fully saturated rings. The monoisotopic (exact) mass is 247 g/mol. The van der Waals surface area contributed by atoms with Crippen molar-refractivity contribution in [3.05, 3.63) is 0 Å². The molecule has 0 aliphatic carbocycles. The van der Waals surface area contributed by atoms with Crippen LogP contribution >= 0.6 is 11.8 Å². The van der Waals surface area contributed by atoms with Gasteiger partial charge in [0, 0.05) is 6.04 Å². The van der Waals surface area contributed by atoms with Gasteiger partial charge in [0.1, 0.15) is 5.54 Å². The lowest BCUT2D eigenvalue weighted by Crippen LogP contribution is -2.52. The average Bonchev–Trinajstić information content (AvgIpc) is 2.16. The molecular formula is C12H25NO2S. The Morgan fingerprint density at radius 1 is 1.44 bits per heavy atom. The third kappa shape index (κ3) is 6.38. The van der Waals surface area contributed by atoms with Crippen molar-refractivity contribution in [1.82, 2.24) is 5.32 Å². The van der Waals surface area contributed by atoms with E-state index in [-0.39, 0.29) is 6.04 Å². The average molecular weight is 247 g/mol. The molecule has 0 aromatic heterocycles. The first-order chi connectivity index (χ1) is 7.42. The second-order valence-corrected chi connectivity index (χ2v) is 5.88. The van der Waals surface area contributed by atoms with Crippen LogP contribution < -0.4 is 5.32 Å². The minimum atomic E-state index is -0.784. The molecule has 0 spiro atoms. The molecule has 0 aromatic carbocycles. The highest BCUT2D eigenvalue weighted by atomic mass is 32.2. The molecule has 0 aliphatic rings. The van der Waals surface area contributed by atoms with Crippen molar-refractivity contribution in [2.75, 3.05) is 11.5 Å². The molecule has 1 atom stereocenters. The van der Waals surface area contributed by atoms with Crippen molar-refractivity contribution < 1.29 is 9.90 Å². The molecule has 16 heavy (non-hydrogen) atoms. The summed E-state index contributed by atoms with van der Waals surface area (Å²) in [5, 5.41) is 12.3. The molecule has 3 nitrogen and oxygen atoms in total. The van der Waals surface area contributed by atoms with Gasteiger partial charge in [-0.15, -0.1) is 0 Å². The first-order valence-electron chi connectivity index (χ1n) is 6.01. The van der Waals surface area contributed by atoms with Gasteiger partial charge >= 0.3 is 5.97 Å². The van der Waals surface area contributed by atoms with Gasteiger partial charge in [-0.2, -0.15) is 11.8 Å². The molecule has 1 unspecified atom stereocenters. The van der Waals surface area contributed by atoms with Crippen molar-refractivity contribution in [2.45, 2.75) is 58.5 Å². The van der Waals surface area contributed by atoms with Gasteiger partial charge in [0.25, 0.3) is 0 Å². The highest BCUT2D eigenvalue weighted by Gasteiger charge is 2.32. The molecule has 0 aromatic rings. The Balaban J connectivity index is 3.98. The maximum Gasteiger partial charge on any atom is 0.323 e. The summed E-state index contributed by atoms with van der Waals surface area (Å²) in [5.41, 5.74) is -0.784. The maximum absolute atomic E-state index is 11.2. The van der Waals surface area contributed by atoms with Gasteiger partial charge in [-0.05, 0) is 45.1 Å². The van der Waals surface area contributed by atoms with Crippen molar-refractivity contribution in [3.63, 3.8) is 0 Å². The molecule has 4 heteroatoms. The minimum absolute atomic E-state index is 0.196. The van der Waals surface area contributed by atoms with Crippen LogP contribution in [0.2, 0.25) is 0 Å². The molecule has 0 aliphatic heterocycles. The van der Waals surface area contributed by atoms with Gasteiger partial charge in [-0.25, -0.2) is 0 Å². The number of nitrogens with one attached hydrogen (secondary N) is 1. The lowest BCUT2D eigenvalue weighted by Gasteiger charge is -2.28. The molecule has 0 bridgehead atoms. The molecule has 0 saturated heterocycles. The quantitative estimate of drug-likeness (QED) is 0.615. The fourth-order valence-corrected chi connectivity index (χ4v) is 2.75. The van der Waals surface area contributed by atoms with E-state index in [0.29, 0.717) is 6.42 Å². The van der Waals surface area contributed by atoms with Crippen LogP contribution in [0.5, 0.6) is 0 Å². The van der Waals surface area contributed by atoms with Crippen LogP contribution in [0.25, 0.3) is 0 Å². The third-order valence-corrected chi connectivity index (χ3v) is 3.54. The number of hydrogen-bond donors (Lipinski definition) is 2. The van der Waals surface area contributed by atoms with Gasteiger partial charge in [0.05, 0.1) is 0 Å². The topological polar surface area (TPSA) is 49.3 Å². The van der Waals surface area contributed by atoms with Crippen molar-refractivity contribution in [1.29, 1.82) is 0 Å². The summed E-state index contributed by atoms with van der Waals surface area (Å²) in [7, 11) is 0. The molecule has 0 heterocycles. The van der Waals surface area contributed by atoms with E-state index in [9.17, 15) is 9.90 Å². The van der Waals surface area contributed by atoms with E-state index in [1.807, 2.05) is 25.6 Å². The SMILES string of the molecule is CCCCSCCC(C)(NC(C)C)C(=O)O. The fraction of sp³-hybridized carbons (Fsp3) is 0.917. The minimum Gasteiger partial charge on any atom is -0.480 e. The molecule has 0 saturated carbocycles. The first kappa shape index (κ1) is 15.8. The Labute approximate surface area is 103 Å². The lowest BCUT2D eigenvalue weighted by atomic mass is 9.98. The predicted octanol–water partition coefficient (Wildman–Crippen LogP) is 2.75. The summed E-state index contributed by atoms with van der Waals surface area (Å²) < 4.78 is 0. The van der Waals surface area contributed by atoms with E-state index in [1.54, 1.807) is 6.92 Å². The largest absolute Gasteiger partial charge is 0.480 e. The zero-order valence-electron chi connectivity index (χ0n) is 10.9. The molecule has 0 rings (SSSR count). The molecule has 0 radical (unpaired) electrons. The third-order valence-electron chi connectivity index (χ3n) is 2.47. The number of carboxylic acid groups (broad SMARTS) is 1. The van der Waals surface area contributed by atoms with Gasteiger partial charge in [-0.1, -0.05) is 13.3 Å². The Morgan fingerprint density at radius 3 is 2.50 bits per heavy atom. The molecule has 0 amide bonds. The van der Waals surface area contributed by atoms with E-state index in [1.165, 1.54) is 12.8 Å². The number of carboxylic acids is 1. The van der Waals surface area contributed by atoms with Crippen LogP contribution in [0.4, 0.5) is 0 Å². The van der Waals surface area contributed by atoms with Crippen molar-refractivity contribution >= 4 is 17.7 Å². The van der Waals surface area contributed by atoms with Gasteiger partial charge < -0.3 is 5.11 Å².